The van der Waals surface area contributed by atoms with Crippen LogP contribution in [0.3, 0.4) is 0 Å². The zero-order valence-electron chi connectivity index (χ0n) is 16.6. The highest BCUT2D eigenvalue weighted by Crippen LogP contribution is 2.33. The fourth-order valence-electron chi connectivity index (χ4n) is 2.92. The fraction of sp³-hybridized carbons (Fsp3) is 0.261. The van der Waals surface area contributed by atoms with E-state index in [0.29, 0.717) is 32.1 Å². The first-order valence-corrected chi connectivity index (χ1v) is 11.4. The minimum absolute atomic E-state index is 0.0419. The van der Waals surface area contributed by atoms with E-state index in [9.17, 15) is 9.59 Å². The Labute approximate surface area is 191 Å². The van der Waals surface area contributed by atoms with Gasteiger partial charge in [0.15, 0.2) is 0 Å². The van der Waals surface area contributed by atoms with Crippen molar-refractivity contribution >= 4 is 57.9 Å². The van der Waals surface area contributed by atoms with Crippen molar-refractivity contribution in [1.82, 2.24) is 4.90 Å². The number of unbranched alkanes of at least 4 members (excludes halogenated alkanes) is 3. The van der Waals surface area contributed by atoms with E-state index in [1.165, 1.54) is 18.2 Å². The summed E-state index contributed by atoms with van der Waals surface area (Å²) in [5.41, 5.74) is 1.26. The van der Waals surface area contributed by atoms with E-state index in [1.807, 2.05) is 6.08 Å². The van der Waals surface area contributed by atoms with Crippen molar-refractivity contribution < 1.29 is 14.3 Å². The standard InChI is InChI=1S/C23H22ClNO3S2/c1-2-3-4-5-14-25-21(26)20(30-23(25)29)15-16-6-12-19(13-7-16)28-22(27)17-8-10-18(24)11-9-17/h6-13,15H,2-5,14H2,1H3. The van der Waals surface area contributed by atoms with E-state index >= 15 is 0 Å². The normalized spacial score (nSPS) is 15.1. The summed E-state index contributed by atoms with van der Waals surface area (Å²) >= 11 is 12.5. The lowest BCUT2D eigenvalue weighted by Crippen LogP contribution is -2.28. The maximum atomic E-state index is 12.6. The second-order valence-electron chi connectivity index (χ2n) is 6.86. The predicted molar refractivity (Wildman–Crippen MR) is 127 cm³/mol. The van der Waals surface area contributed by atoms with Crippen LogP contribution >= 0.6 is 35.6 Å². The van der Waals surface area contributed by atoms with Crippen molar-refractivity contribution in [2.45, 2.75) is 32.6 Å². The van der Waals surface area contributed by atoms with Crippen LogP contribution in [0.2, 0.25) is 5.02 Å². The highest BCUT2D eigenvalue weighted by molar-refractivity contribution is 8.26. The molecule has 0 atom stereocenters. The molecule has 3 rings (SSSR count). The zero-order chi connectivity index (χ0) is 21.5. The molecule has 0 aromatic heterocycles. The number of esters is 1. The average Bonchev–Trinajstić information content (AvgIpc) is 3.00. The zero-order valence-corrected chi connectivity index (χ0v) is 19.0. The SMILES string of the molecule is CCCCCCN1C(=O)C(=Cc2ccc(OC(=O)c3ccc(Cl)cc3)cc2)SC1=S. The molecule has 1 fully saturated rings. The van der Waals surface area contributed by atoms with E-state index in [4.69, 9.17) is 28.6 Å². The topological polar surface area (TPSA) is 46.6 Å². The highest BCUT2D eigenvalue weighted by Gasteiger charge is 2.31. The monoisotopic (exact) mass is 459 g/mol. The van der Waals surface area contributed by atoms with Crippen LogP contribution in [0, 0.1) is 0 Å². The molecule has 2 aromatic carbocycles. The largest absolute Gasteiger partial charge is 0.423 e. The van der Waals surface area contributed by atoms with Crippen molar-refractivity contribution in [1.29, 1.82) is 0 Å². The Balaban J connectivity index is 1.61. The van der Waals surface area contributed by atoms with Crippen LogP contribution in [0.15, 0.2) is 53.4 Å². The van der Waals surface area contributed by atoms with E-state index in [0.717, 1.165) is 24.8 Å². The predicted octanol–water partition coefficient (Wildman–Crippen LogP) is 6.34. The third-order valence-electron chi connectivity index (χ3n) is 4.58. The molecule has 0 radical (unpaired) electrons. The van der Waals surface area contributed by atoms with Gasteiger partial charge in [-0.3, -0.25) is 9.69 Å². The van der Waals surface area contributed by atoms with Crippen LogP contribution in [0.1, 0.15) is 48.5 Å². The number of benzene rings is 2. The Morgan fingerprint density at radius 1 is 1.10 bits per heavy atom. The molecule has 0 saturated carbocycles. The van der Waals surface area contributed by atoms with Crippen LogP contribution in [0.4, 0.5) is 0 Å². The number of halogens is 1. The van der Waals surface area contributed by atoms with Gasteiger partial charge in [0.2, 0.25) is 0 Å². The maximum Gasteiger partial charge on any atom is 0.343 e. The molecule has 1 amide bonds. The van der Waals surface area contributed by atoms with Gasteiger partial charge in [-0.1, -0.05) is 73.9 Å². The third-order valence-corrected chi connectivity index (χ3v) is 6.21. The number of carbonyl (C=O) groups is 2. The Morgan fingerprint density at radius 3 is 2.47 bits per heavy atom. The molecular weight excluding hydrogens is 438 g/mol. The van der Waals surface area contributed by atoms with Gasteiger partial charge < -0.3 is 4.74 Å². The number of hydrogen-bond acceptors (Lipinski definition) is 5. The molecule has 0 spiro atoms. The Hall–Kier alpha value is -2.15. The van der Waals surface area contributed by atoms with Crippen molar-refractivity contribution in [3.05, 3.63) is 69.6 Å². The Kier molecular flexibility index (Phi) is 8.08. The van der Waals surface area contributed by atoms with Gasteiger partial charge in [0, 0.05) is 11.6 Å². The summed E-state index contributed by atoms with van der Waals surface area (Å²) in [7, 11) is 0. The van der Waals surface area contributed by atoms with E-state index in [-0.39, 0.29) is 5.91 Å². The molecular formula is C23H22ClNO3S2. The maximum absolute atomic E-state index is 12.6. The van der Waals surface area contributed by atoms with Crippen LogP contribution in [0.5, 0.6) is 5.75 Å². The molecule has 30 heavy (non-hydrogen) atoms. The summed E-state index contributed by atoms with van der Waals surface area (Å²) in [6.45, 7) is 2.83. The summed E-state index contributed by atoms with van der Waals surface area (Å²) in [6.07, 6.45) is 6.20. The number of thioether (sulfide) groups is 1. The molecule has 1 heterocycles. The number of amides is 1. The fourth-order valence-corrected chi connectivity index (χ4v) is 4.36. The smallest absolute Gasteiger partial charge is 0.343 e. The number of ether oxygens (including phenoxy) is 1. The number of hydrogen-bond donors (Lipinski definition) is 0. The number of thiocarbonyl (C=S) groups is 1. The van der Waals surface area contributed by atoms with Crippen molar-refractivity contribution in [3.63, 3.8) is 0 Å². The average molecular weight is 460 g/mol. The lowest BCUT2D eigenvalue weighted by atomic mass is 10.2. The van der Waals surface area contributed by atoms with Crippen molar-refractivity contribution in [2.24, 2.45) is 0 Å². The van der Waals surface area contributed by atoms with E-state index < -0.39 is 5.97 Å². The van der Waals surface area contributed by atoms with Gasteiger partial charge in [-0.15, -0.1) is 0 Å². The summed E-state index contributed by atoms with van der Waals surface area (Å²) in [6, 6.07) is 13.5. The molecule has 0 N–H and O–H groups in total. The van der Waals surface area contributed by atoms with Gasteiger partial charge in [0.25, 0.3) is 5.91 Å². The highest BCUT2D eigenvalue weighted by atomic mass is 35.5. The molecule has 0 unspecified atom stereocenters. The first kappa shape index (κ1) is 22.5. The van der Waals surface area contributed by atoms with Crippen LogP contribution in [0.25, 0.3) is 6.08 Å². The first-order chi connectivity index (χ1) is 14.5. The summed E-state index contributed by atoms with van der Waals surface area (Å²) in [5.74, 6) is -0.0707. The van der Waals surface area contributed by atoms with Gasteiger partial charge in [-0.2, -0.15) is 0 Å². The molecule has 7 heteroatoms. The summed E-state index contributed by atoms with van der Waals surface area (Å²) in [4.78, 5) is 27.1. The first-order valence-electron chi connectivity index (χ1n) is 9.81. The lowest BCUT2D eigenvalue weighted by Gasteiger charge is -2.13. The van der Waals surface area contributed by atoms with E-state index in [1.54, 1.807) is 53.4 Å². The van der Waals surface area contributed by atoms with Gasteiger partial charge in [-0.05, 0) is 54.5 Å². The Bertz CT molecular complexity index is 955. The van der Waals surface area contributed by atoms with Gasteiger partial charge in [-0.25, -0.2) is 4.79 Å². The number of carbonyl (C=O) groups excluding carboxylic acids is 2. The molecule has 1 aliphatic heterocycles. The van der Waals surface area contributed by atoms with Gasteiger partial charge in [0.1, 0.15) is 10.1 Å². The molecule has 0 bridgehead atoms. The van der Waals surface area contributed by atoms with Gasteiger partial charge in [0.05, 0.1) is 10.5 Å². The molecule has 0 aliphatic carbocycles. The third kappa shape index (κ3) is 5.94. The second kappa shape index (κ2) is 10.8. The number of rotatable bonds is 8. The summed E-state index contributed by atoms with van der Waals surface area (Å²) in [5, 5.41) is 0.558. The van der Waals surface area contributed by atoms with Crippen LogP contribution in [-0.2, 0) is 4.79 Å². The minimum Gasteiger partial charge on any atom is -0.423 e. The van der Waals surface area contributed by atoms with Crippen molar-refractivity contribution in [3.8, 4) is 5.75 Å². The van der Waals surface area contributed by atoms with E-state index in [2.05, 4.69) is 6.92 Å². The quantitative estimate of drug-likeness (QED) is 0.151. The minimum atomic E-state index is -0.455. The second-order valence-corrected chi connectivity index (χ2v) is 8.97. The Morgan fingerprint density at radius 2 is 1.80 bits per heavy atom. The number of nitrogens with zero attached hydrogens (tertiary/aromatic N) is 1. The van der Waals surface area contributed by atoms with Crippen LogP contribution < -0.4 is 4.74 Å². The summed E-state index contributed by atoms with van der Waals surface area (Å²) < 4.78 is 5.99. The molecule has 4 nitrogen and oxygen atoms in total. The lowest BCUT2D eigenvalue weighted by molar-refractivity contribution is -0.122. The van der Waals surface area contributed by atoms with Gasteiger partial charge >= 0.3 is 5.97 Å². The molecule has 2 aromatic rings. The van der Waals surface area contributed by atoms with Crippen LogP contribution in [-0.4, -0.2) is 27.6 Å². The van der Waals surface area contributed by atoms with Crippen molar-refractivity contribution in [2.75, 3.05) is 6.54 Å². The molecule has 156 valence electrons. The molecule has 1 aliphatic rings. The molecule has 1 saturated heterocycles.